The number of amides is 2. The second-order valence-corrected chi connectivity index (χ2v) is 7.44. The summed E-state index contributed by atoms with van der Waals surface area (Å²) in [5.41, 5.74) is 3.33. The van der Waals surface area contributed by atoms with Crippen molar-refractivity contribution in [3.05, 3.63) is 71.0 Å². The first-order chi connectivity index (χ1) is 13.2. The Morgan fingerprint density at radius 2 is 1.93 bits per heavy atom. The predicted octanol–water partition coefficient (Wildman–Crippen LogP) is 3.62. The molecule has 0 radical (unpaired) electrons. The van der Waals surface area contributed by atoms with E-state index in [4.69, 9.17) is 0 Å². The molecule has 0 spiro atoms. The molecule has 4 nitrogen and oxygen atoms in total. The molecule has 0 aromatic heterocycles. The zero-order chi connectivity index (χ0) is 18.6. The van der Waals surface area contributed by atoms with E-state index in [2.05, 4.69) is 22.8 Å². The van der Waals surface area contributed by atoms with E-state index in [-0.39, 0.29) is 23.9 Å². The van der Waals surface area contributed by atoms with E-state index >= 15 is 0 Å². The van der Waals surface area contributed by atoms with E-state index in [1.54, 1.807) is 12.1 Å². The highest BCUT2D eigenvalue weighted by atomic mass is 19.1. The van der Waals surface area contributed by atoms with Gasteiger partial charge in [-0.25, -0.2) is 9.18 Å². The van der Waals surface area contributed by atoms with Crippen LogP contribution in [-0.2, 0) is 6.42 Å². The monoisotopic (exact) mass is 367 g/mol. The number of carbonyl (C=O) groups is 1. The third-order valence-corrected chi connectivity index (χ3v) is 5.60. The molecule has 0 bridgehead atoms. The van der Waals surface area contributed by atoms with Crippen molar-refractivity contribution < 1.29 is 9.18 Å². The van der Waals surface area contributed by atoms with Crippen LogP contribution in [0.5, 0.6) is 0 Å². The van der Waals surface area contributed by atoms with E-state index in [9.17, 15) is 9.18 Å². The standard InChI is InChI=1S/C22H26FN3O/c23-18-10-8-17(9-11-18)21-20-7-2-1-5-16(20)12-14-26(21)22(27)25-19-6-3-4-13-24-15-19/h1-2,5,7-11,19,21,24H,3-4,6,12-15H2,(H,25,27)/t19-,21+/m1/s1. The summed E-state index contributed by atoms with van der Waals surface area (Å²) in [5.74, 6) is -0.261. The van der Waals surface area contributed by atoms with Crippen molar-refractivity contribution >= 4 is 6.03 Å². The first kappa shape index (κ1) is 18.0. The molecular formula is C22H26FN3O. The Kier molecular flexibility index (Phi) is 5.39. The lowest BCUT2D eigenvalue weighted by molar-refractivity contribution is 0.175. The summed E-state index contributed by atoms with van der Waals surface area (Å²) >= 11 is 0. The number of benzene rings is 2. The summed E-state index contributed by atoms with van der Waals surface area (Å²) in [4.78, 5) is 15.1. The van der Waals surface area contributed by atoms with Gasteiger partial charge >= 0.3 is 6.03 Å². The quantitative estimate of drug-likeness (QED) is 0.851. The van der Waals surface area contributed by atoms with E-state index in [1.807, 2.05) is 17.0 Å². The number of hydrogen-bond acceptors (Lipinski definition) is 2. The Hall–Kier alpha value is -2.40. The summed E-state index contributed by atoms with van der Waals surface area (Å²) in [6.07, 6.45) is 4.12. The van der Waals surface area contributed by atoms with Crippen LogP contribution in [0.4, 0.5) is 9.18 Å². The van der Waals surface area contributed by atoms with Crippen LogP contribution >= 0.6 is 0 Å². The Labute approximate surface area is 159 Å². The smallest absolute Gasteiger partial charge is 0.318 e. The van der Waals surface area contributed by atoms with Crippen LogP contribution in [-0.4, -0.2) is 36.6 Å². The maximum Gasteiger partial charge on any atom is 0.318 e. The minimum absolute atomic E-state index is 0.0347. The van der Waals surface area contributed by atoms with Gasteiger partial charge in [-0.1, -0.05) is 42.8 Å². The molecule has 0 aliphatic carbocycles. The molecule has 2 aromatic carbocycles. The maximum absolute atomic E-state index is 13.5. The van der Waals surface area contributed by atoms with Crippen LogP contribution in [0.2, 0.25) is 0 Å². The fourth-order valence-electron chi connectivity index (χ4n) is 4.19. The highest BCUT2D eigenvalue weighted by molar-refractivity contribution is 5.76. The van der Waals surface area contributed by atoms with Crippen molar-refractivity contribution in [1.29, 1.82) is 0 Å². The number of fused-ring (bicyclic) bond motifs is 1. The van der Waals surface area contributed by atoms with Crippen molar-refractivity contribution in [2.75, 3.05) is 19.6 Å². The Morgan fingerprint density at radius 1 is 1.11 bits per heavy atom. The molecule has 2 aliphatic rings. The van der Waals surface area contributed by atoms with E-state index in [0.29, 0.717) is 6.54 Å². The second kappa shape index (κ2) is 8.09. The average molecular weight is 367 g/mol. The highest BCUT2D eigenvalue weighted by Crippen LogP contribution is 2.35. The molecule has 2 heterocycles. The maximum atomic E-state index is 13.5. The third kappa shape index (κ3) is 3.98. The molecule has 2 amide bonds. The Balaban J connectivity index is 1.62. The highest BCUT2D eigenvalue weighted by Gasteiger charge is 2.32. The van der Waals surface area contributed by atoms with Crippen LogP contribution < -0.4 is 10.6 Å². The van der Waals surface area contributed by atoms with Gasteiger partial charge in [0.1, 0.15) is 5.82 Å². The molecule has 1 saturated heterocycles. The number of urea groups is 1. The molecule has 0 unspecified atom stereocenters. The first-order valence-electron chi connectivity index (χ1n) is 9.83. The molecule has 2 N–H and O–H groups in total. The van der Waals surface area contributed by atoms with Gasteiger partial charge in [0, 0.05) is 19.1 Å². The van der Waals surface area contributed by atoms with Crippen LogP contribution in [0.15, 0.2) is 48.5 Å². The van der Waals surface area contributed by atoms with Gasteiger partial charge in [0.2, 0.25) is 0 Å². The number of nitrogens with zero attached hydrogens (tertiary/aromatic N) is 1. The number of nitrogens with one attached hydrogen (secondary N) is 2. The zero-order valence-electron chi connectivity index (χ0n) is 15.5. The number of hydrogen-bond donors (Lipinski definition) is 2. The van der Waals surface area contributed by atoms with Gasteiger partial charge in [-0.3, -0.25) is 0 Å². The predicted molar refractivity (Wildman–Crippen MR) is 104 cm³/mol. The molecule has 142 valence electrons. The normalized spacial score (nSPS) is 22.6. The Morgan fingerprint density at radius 3 is 2.78 bits per heavy atom. The van der Waals surface area contributed by atoms with Crippen LogP contribution in [0.1, 0.15) is 42.0 Å². The van der Waals surface area contributed by atoms with Crippen LogP contribution in [0.3, 0.4) is 0 Å². The fraction of sp³-hybridized carbons (Fsp3) is 0.409. The minimum Gasteiger partial charge on any atom is -0.334 e. The van der Waals surface area contributed by atoms with Crippen LogP contribution in [0, 0.1) is 5.82 Å². The largest absolute Gasteiger partial charge is 0.334 e. The van der Waals surface area contributed by atoms with Gasteiger partial charge in [0.15, 0.2) is 0 Å². The molecule has 1 fully saturated rings. The van der Waals surface area contributed by atoms with Crippen molar-refractivity contribution in [2.24, 2.45) is 0 Å². The van der Waals surface area contributed by atoms with Crippen molar-refractivity contribution in [3.63, 3.8) is 0 Å². The summed E-state index contributed by atoms with van der Waals surface area (Å²) in [6, 6.07) is 14.7. The minimum atomic E-state index is -0.261. The van der Waals surface area contributed by atoms with Gasteiger partial charge in [0.25, 0.3) is 0 Å². The topological polar surface area (TPSA) is 44.4 Å². The molecule has 27 heavy (non-hydrogen) atoms. The van der Waals surface area contributed by atoms with Crippen LogP contribution in [0.25, 0.3) is 0 Å². The van der Waals surface area contributed by atoms with Crippen molar-refractivity contribution in [3.8, 4) is 0 Å². The van der Waals surface area contributed by atoms with Gasteiger partial charge in [0.05, 0.1) is 6.04 Å². The second-order valence-electron chi connectivity index (χ2n) is 7.44. The van der Waals surface area contributed by atoms with E-state index in [1.165, 1.54) is 17.7 Å². The molecule has 4 rings (SSSR count). The summed E-state index contributed by atoms with van der Waals surface area (Å²) < 4.78 is 13.5. The fourth-order valence-corrected chi connectivity index (χ4v) is 4.19. The number of carbonyl (C=O) groups excluding carboxylic acids is 1. The molecule has 0 saturated carbocycles. The Bertz CT molecular complexity index is 784. The van der Waals surface area contributed by atoms with E-state index in [0.717, 1.165) is 49.9 Å². The first-order valence-corrected chi connectivity index (χ1v) is 9.83. The molecule has 2 aliphatic heterocycles. The molecule has 2 aromatic rings. The lowest BCUT2D eigenvalue weighted by Crippen LogP contribution is -2.50. The number of halogens is 1. The van der Waals surface area contributed by atoms with E-state index < -0.39 is 0 Å². The summed E-state index contributed by atoms with van der Waals surface area (Å²) in [6.45, 7) is 2.49. The summed E-state index contributed by atoms with van der Waals surface area (Å²) in [5, 5.41) is 6.62. The summed E-state index contributed by atoms with van der Waals surface area (Å²) in [7, 11) is 0. The lowest BCUT2D eigenvalue weighted by atomic mass is 9.88. The number of rotatable bonds is 2. The SMILES string of the molecule is O=C(N[C@@H]1CCCCNC1)N1CCc2ccccc2[C@@H]1c1ccc(F)cc1. The zero-order valence-corrected chi connectivity index (χ0v) is 15.5. The van der Waals surface area contributed by atoms with Gasteiger partial charge in [-0.2, -0.15) is 0 Å². The van der Waals surface area contributed by atoms with Gasteiger partial charge in [-0.05, 0) is 54.6 Å². The van der Waals surface area contributed by atoms with Crippen molar-refractivity contribution in [2.45, 2.75) is 37.8 Å². The van der Waals surface area contributed by atoms with Crippen molar-refractivity contribution in [1.82, 2.24) is 15.5 Å². The molecular weight excluding hydrogens is 341 g/mol. The average Bonchev–Trinajstić information content (AvgIpc) is 2.96. The lowest BCUT2D eigenvalue weighted by Gasteiger charge is -2.38. The van der Waals surface area contributed by atoms with Gasteiger partial charge in [-0.15, -0.1) is 0 Å². The van der Waals surface area contributed by atoms with Gasteiger partial charge < -0.3 is 15.5 Å². The molecule has 2 atom stereocenters. The molecule has 5 heteroatoms. The third-order valence-electron chi connectivity index (χ3n) is 5.60.